The molecule has 1 fully saturated rings. The second kappa shape index (κ2) is 9.04. The van der Waals surface area contributed by atoms with Crippen molar-refractivity contribution in [3.63, 3.8) is 0 Å². The van der Waals surface area contributed by atoms with Crippen LogP contribution in [0.5, 0.6) is 5.75 Å². The molecule has 1 aliphatic heterocycles. The van der Waals surface area contributed by atoms with Crippen LogP contribution in [0, 0.1) is 0 Å². The van der Waals surface area contributed by atoms with Gasteiger partial charge in [-0.2, -0.15) is 4.98 Å². The first kappa shape index (κ1) is 20.7. The summed E-state index contributed by atoms with van der Waals surface area (Å²) in [5.41, 5.74) is 1.10. The fraction of sp³-hybridized carbons (Fsp3) is 0.591. The monoisotopic (exact) mass is 413 g/mol. The number of ether oxygens (including phenoxy) is 2. The molecule has 0 saturated heterocycles. The molecule has 1 saturated carbocycles. The lowest BCUT2D eigenvalue weighted by atomic mass is 9.86. The van der Waals surface area contributed by atoms with Gasteiger partial charge in [0.05, 0.1) is 12.6 Å². The van der Waals surface area contributed by atoms with Crippen molar-refractivity contribution in [1.82, 2.24) is 20.8 Å². The predicted octanol–water partition coefficient (Wildman–Crippen LogP) is 3.67. The van der Waals surface area contributed by atoms with Gasteiger partial charge in [0, 0.05) is 25.6 Å². The summed E-state index contributed by atoms with van der Waals surface area (Å²) in [5.74, 6) is 2.73. The number of para-hydroxylation sites is 1. The lowest BCUT2D eigenvalue weighted by Crippen LogP contribution is -2.46. The molecule has 1 spiro atoms. The van der Waals surface area contributed by atoms with Crippen molar-refractivity contribution < 1.29 is 14.0 Å². The molecule has 0 bridgehead atoms. The average Bonchev–Trinajstić information content (AvgIpc) is 3.41. The molecule has 2 unspecified atom stereocenters. The summed E-state index contributed by atoms with van der Waals surface area (Å²) in [6.07, 6.45) is 5.40. The normalized spacial score (nSPS) is 21.2. The van der Waals surface area contributed by atoms with Gasteiger partial charge in [0.15, 0.2) is 11.8 Å². The first-order valence-corrected chi connectivity index (χ1v) is 10.8. The molecule has 2 atom stereocenters. The Labute approximate surface area is 177 Å². The molecule has 2 aliphatic rings. The second-order valence-electron chi connectivity index (χ2n) is 8.00. The fourth-order valence-electron chi connectivity index (χ4n) is 4.42. The van der Waals surface area contributed by atoms with Gasteiger partial charge in [-0.1, -0.05) is 23.4 Å². The smallest absolute Gasteiger partial charge is 0.246 e. The van der Waals surface area contributed by atoms with Gasteiger partial charge in [-0.3, -0.25) is 4.99 Å². The minimum atomic E-state index is -0.189. The number of aliphatic imine (C=N–C) groups is 1. The Kier molecular flexibility index (Phi) is 6.22. The van der Waals surface area contributed by atoms with E-state index in [0.717, 1.165) is 25.0 Å². The third kappa shape index (κ3) is 4.43. The van der Waals surface area contributed by atoms with Crippen LogP contribution in [0.2, 0.25) is 0 Å². The number of fused-ring (bicyclic) bond motifs is 1. The Morgan fingerprint density at radius 1 is 1.33 bits per heavy atom. The largest absolute Gasteiger partial charge is 0.487 e. The van der Waals surface area contributed by atoms with Gasteiger partial charge in [-0.15, -0.1) is 0 Å². The van der Waals surface area contributed by atoms with Crippen LogP contribution in [0.25, 0.3) is 0 Å². The summed E-state index contributed by atoms with van der Waals surface area (Å²) < 4.78 is 17.3. The van der Waals surface area contributed by atoms with Crippen molar-refractivity contribution in [2.75, 3.05) is 13.7 Å². The Bertz CT molecular complexity index is 875. The Hall–Kier alpha value is -2.61. The van der Waals surface area contributed by atoms with Crippen molar-refractivity contribution in [2.24, 2.45) is 4.99 Å². The molecule has 30 heavy (non-hydrogen) atoms. The maximum Gasteiger partial charge on any atom is 0.246 e. The van der Waals surface area contributed by atoms with Crippen molar-refractivity contribution in [3.8, 4) is 5.75 Å². The molecule has 0 radical (unpaired) electrons. The third-order valence-corrected chi connectivity index (χ3v) is 5.92. The zero-order chi connectivity index (χ0) is 21.0. The van der Waals surface area contributed by atoms with Crippen molar-refractivity contribution >= 4 is 5.96 Å². The van der Waals surface area contributed by atoms with Gasteiger partial charge in [-0.25, -0.2) is 0 Å². The van der Waals surface area contributed by atoms with Gasteiger partial charge >= 0.3 is 0 Å². The zero-order valence-corrected chi connectivity index (χ0v) is 18.0. The molecule has 162 valence electrons. The van der Waals surface area contributed by atoms with E-state index in [4.69, 9.17) is 14.0 Å². The van der Waals surface area contributed by atoms with Crippen LogP contribution in [0.15, 0.2) is 33.8 Å². The van der Waals surface area contributed by atoms with Crippen LogP contribution in [0.3, 0.4) is 0 Å². The number of guanidine groups is 1. The highest BCUT2D eigenvalue weighted by molar-refractivity contribution is 5.80. The highest BCUT2D eigenvalue weighted by Gasteiger charge is 2.43. The highest BCUT2D eigenvalue weighted by Crippen LogP contribution is 2.46. The molecule has 0 amide bonds. The van der Waals surface area contributed by atoms with Gasteiger partial charge < -0.3 is 24.6 Å². The third-order valence-electron chi connectivity index (χ3n) is 5.92. The van der Waals surface area contributed by atoms with E-state index in [1.807, 2.05) is 19.9 Å². The van der Waals surface area contributed by atoms with E-state index >= 15 is 0 Å². The Morgan fingerprint density at radius 2 is 2.13 bits per heavy atom. The second-order valence-corrected chi connectivity index (χ2v) is 8.00. The molecule has 1 aromatic carbocycles. The topological polar surface area (TPSA) is 93.8 Å². The van der Waals surface area contributed by atoms with Gasteiger partial charge in [0.25, 0.3) is 0 Å². The highest BCUT2D eigenvalue weighted by atomic mass is 16.5. The fourth-order valence-corrected chi connectivity index (χ4v) is 4.42. The molecule has 8 heteroatoms. The first-order valence-electron chi connectivity index (χ1n) is 10.8. The van der Waals surface area contributed by atoms with Crippen molar-refractivity contribution in [2.45, 2.75) is 70.2 Å². The van der Waals surface area contributed by atoms with Crippen molar-refractivity contribution in [1.29, 1.82) is 0 Å². The van der Waals surface area contributed by atoms with Gasteiger partial charge in [0.2, 0.25) is 5.89 Å². The SMILES string of the molecule is CCOC(C)c1noc(CNC(=NC)NC2CC3(CCCC3)Oc3ccccc32)n1. The van der Waals surface area contributed by atoms with E-state index in [1.165, 1.54) is 18.4 Å². The number of aromatic nitrogens is 2. The predicted molar refractivity (Wildman–Crippen MR) is 113 cm³/mol. The van der Waals surface area contributed by atoms with Crippen LogP contribution >= 0.6 is 0 Å². The molecular formula is C22H31N5O3. The molecule has 2 heterocycles. The van der Waals surface area contributed by atoms with Crippen LogP contribution in [0.1, 0.15) is 75.4 Å². The van der Waals surface area contributed by atoms with Crippen LogP contribution in [-0.2, 0) is 11.3 Å². The molecular weight excluding hydrogens is 382 g/mol. The van der Waals surface area contributed by atoms with Crippen LogP contribution in [0.4, 0.5) is 0 Å². The number of hydrogen-bond acceptors (Lipinski definition) is 6. The summed E-state index contributed by atoms with van der Waals surface area (Å²) in [6, 6.07) is 8.42. The van der Waals surface area contributed by atoms with E-state index in [-0.39, 0.29) is 17.7 Å². The lowest BCUT2D eigenvalue weighted by Gasteiger charge is -2.40. The first-order chi connectivity index (χ1) is 14.6. The number of hydrogen-bond donors (Lipinski definition) is 2. The van der Waals surface area contributed by atoms with Crippen LogP contribution in [-0.4, -0.2) is 35.4 Å². The average molecular weight is 414 g/mol. The zero-order valence-electron chi connectivity index (χ0n) is 18.0. The number of nitrogens with one attached hydrogen (secondary N) is 2. The number of nitrogens with zero attached hydrogens (tertiary/aromatic N) is 3. The number of rotatable bonds is 6. The van der Waals surface area contributed by atoms with E-state index < -0.39 is 0 Å². The van der Waals surface area contributed by atoms with E-state index in [9.17, 15) is 0 Å². The summed E-state index contributed by atoms with van der Waals surface area (Å²) in [4.78, 5) is 8.80. The van der Waals surface area contributed by atoms with Gasteiger partial charge in [-0.05, 0) is 45.6 Å². The molecule has 4 rings (SSSR count). The molecule has 1 aliphatic carbocycles. The van der Waals surface area contributed by atoms with E-state index in [1.54, 1.807) is 7.05 Å². The Morgan fingerprint density at radius 3 is 2.90 bits per heavy atom. The van der Waals surface area contributed by atoms with Crippen molar-refractivity contribution in [3.05, 3.63) is 41.5 Å². The minimum absolute atomic E-state index is 0.0678. The molecule has 2 N–H and O–H groups in total. The molecule has 2 aromatic rings. The Balaban J connectivity index is 1.42. The quantitative estimate of drug-likeness (QED) is 0.551. The van der Waals surface area contributed by atoms with E-state index in [2.05, 4.69) is 44.0 Å². The molecule has 1 aromatic heterocycles. The summed E-state index contributed by atoms with van der Waals surface area (Å²) in [7, 11) is 1.77. The lowest BCUT2D eigenvalue weighted by molar-refractivity contribution is 0.0396. The molecule has 8 nitrogen and oxygen atoms in total. The maximum absolute atomic E-state index is 6.45. The standard InChI is InChI=1S/C22H31N5O3/c1-4-28-15(2)20-26-19(30-27-20)14-24-21(23-3)25-17-13-22(11-7-8-12-22)29-18-10-6-5-9-16(17)18/h5-6,9-10,15,17H,4,7-8,11-14H2,1-3H3,(H2,23,24,25). The summed E-state index contributed by atoms with van der Waals surface area (Å²) >= 11 is 0. The van der Waals surface area contributed by atoms with E-state index in [0.29, 0.717) is 30.8 Å². The maximum atomic E-state index is 6.45. The van der Waals surface area contributed by atoms with Crippen LogP contribution < -0.4 is 15.4 Å². The minimum Gasteiger partial charge on any atom is -0.487 e. The summed E-state index contributed by atoms with van der Waals surface area (Å²) in [5, 5.41) is 10.9. The number of benzene rings is 1. The van der Waals surface area contributed by atoms with Gasteiger partial charge in [0.1, 0.15) is 17.5 Å². The summed E-state index contributed by atoms with van der Waals surface area (Å²) in [6.45, 7) is 4.85.